The van der Waals surface area contributed by atoms with Crippen molar-refractivity contribution >= 4 is 18.4 Å². The molecule has 78 valence electrons. The van der Waals surface area contributed by atoms with Crippen LogP contribution in [0.3, 0.4) is 0 Å². The Morgan fingerprint density at radius 2 is 2.08 bits per heavy atom. The second kappa shape index (κ2) is 6.18. The zero-order valence-electron chi connectivity index (χ0n) is 7.44. The molecule has 0 bridgehead atoms. The third-order valence-corrected chi connectivity index (χ3v) is 2.17. The number of halogens is 1. The summed E-state index contributed by atoms with van der Waals surface area (Å²) in [5.74, 6) is -0.923. The monoisotopic (exact) mass is 209 g/mol. The van der Waals surface area contributed by atoms with Crippen LogP contribution < -0.4 is 5.73 Å². The van der Waals surface area contributed by atoms with Crippen LogP contribution in [0.15, 0.2) is 0 Å². The maximum atomic E-state index is 10.2. The standard InChI is InChI=1S/C8H15NO3.ClH/c9-6-3-1-2-4-7(6)12-5-8(10)11;/h6-7H,1-5,9H2,(H,10,11);1H/t6?,7-;/m0./s1. The minimum Gasteiger partial charge on any atom is -0.480 e. The van der Waals surface area contributed by atoms with Crippen molar-refractivity contribution in [2.24, 2.45) is 5.73 Å². The van der Waals surface area contributed by atoms with Gasteiger partial charge in [0.1, 0.15) is 6.61 Å². The molecule has 0 radical (unpaired) electrons. The molecule has 1 unspecified atom stereocenters. The van der Waals surface area contributed by atoms with Crippen molar-refractivity contribution in [1.29, 1.82) is 0 Å². The molecule has 4 nitrogen and oxygen atoms in total. The van der Waals surface area contributed by atoms with E-state index in [0.717, 1.165) is 25.7 Å². The van der Waals surface area contributed by atoms with Crippen LogP contribution in [0.2, 0.25) is 0 Å². The molecule has 0 aliphatic heterocycles. The number of ether oxygens (including phenoxy) is 1. The summed E-state index contributed by atoms with van der Waals surface area (Å²) >= 11 is 0. The van der Waals surface area contributed by atoms with E-state index in [1.165, 1.54) is 0 Å². The number of nitrogens with two attached hydrogens (primary N) is 1. The lowest BCUT2D eigenvalue weighted by Gasteiger charge is -2.27. The van der Waals surface area contributed by atoms with Gasteiger partial charge in [-0.1, -0.05) is 12.8 Å². The SMILES string of the molecule is Cl.NC1CCCC[C@@H]1OCC(=O)O. The summed E-state index contributed by atoms with van der Waals surface area (Å²) in [6.45, 7) is -0.224. The fourth-order valence-corrected chi connectivity index (χ4v) is 1.51. The molecule has 1 rings (SSSR count). The third kappa shape index (κ3) is 4.45. The van der Waals surface area contributed by atoms with E-state index < -0.39 is 5.97 Å². The van der Waals surface area contributed by atoms with Gasteiger partial charge >= 0.3 is 5.97 Å². The fourth-order valence-electron chi connectivity index (χ4n) is 1.51. The van der Waals surface area contributed by atoms with E-state index in [9.17, 15) is 4.79 Å². The summed E-state index contributed by atoms with van der Waals surface area (Å²) in [5.41, 5.74) is 5.75. The minimum absolute atomic E-state index is 0. The molecule has 1 aliphatic carbocycles. The maximum Gasteiger partial charge on any atom is 0.329 e. The van der Waals surface area contributed by atoms with Crippen LogP contribution in [0.1, 0.15) is 25.7 Å². The summed E-state index contributed by atoms with van der Waals surface area (Å²) in [4.78, 5) is 10.2. The highest BCUT2D eigenvalue weighted by molar-refractivity contribution is 5.85. The van der Waals surface area contributed by atoms with E-state index in [0.29, 0.717) is 0 Å². The van der Waals surface area contributed by atoms with Gasteiger partial charge in [-0.15, -0.1) is 12.4 Å². The van der Waals surface area contributed by atoms with E-state index >= 15 is 0 Å². The van der Waals surface area contributed by atoms with Crippen LogP contribution in [-0.2, 0) is 9.53 Å². The summed E-state index contributed by atoms with van der Waals surface area (Å²) in [6, 6.07) is 0.0260. The van der Waals surface area contributed by atoms with Gasteiger partial charge in [0, 0.05) is 6.04 Å². The smallest absolute Gasteiger partial charge is 0.329 e. The molecule has 0 aromatic heterocycles. The van der Waals surface area contributed by atoms with Gasteiger partial charge in [0.2, 0.25) is 0 Å². The molecule has 1 aliphatic rings. The van der Waals surface area contributed by atoms with Crippen molar-refractivity contribution in [3.63, 3.8) is 0 Å². The third-order valence-electron chi connectivity index (χ3n) is 2.17. The zero-order valence-corrected chi connectivity index (χ0v) is 8.26. The Morgan fingerprint density at radius 1 is 1.46 bits per heavy atom. The van der Waals surface area contributed by atoms with Crippen molar-refractivity contribution in [2.45, 2.75) is 37.8 Å². The normalized spacial score (nSPS) is 27.8. The average molecular weight is 210 g/mol. The highest BCUT2D eigenvalue weighted by Crippen LogP contribution is 2.19. The largest absolute Gasteiger partial charge is 0.480 e. The highest BCUT2D eigenvalue weighted by Gasteiger charge is 2.22. The first-order valence-corrected chi connectivity index (χ1v) is 4.29. The average Bonchev–Trinajstić information content (AvgIpc) is 2.03. The molecule has 0 aromatic rings. The number of hydrogen-bond acceptors (Lipinski definition) is 3. The van der Waals surface area contributed by atoms with Crippen LogP contribution >= 0.6 is 12.4 Å². The Balaban J connectivity index is 0.00000144. The van der Waals surface area contributed by atoms with Crippen molar-refractivity contribution in [3.8, 4) is 0 Å². The van der Waals surface area contributed by atoms with Crippen LogP contribution in [0.5, 0.6) is 0 Å². The molecule has 0 amide bonds. The predicted molar refractivity (Wildman–Crippen MR) is 51.1 cm³/mol. The summed E-state index contributed by atoms with van der Waals surface area (Å²) < 4.78 is 5.13. The molecular weight excluding hydrogens is 194 g/mol. The molecule has 13 heavy (non-hydrogen) atoms. The Hall–Kier alpha value is -0.320. The number of aliphatic carboxylic acids is 1. The van der Waals surface area contributed by atoms with E-state index in [-0.39, 0.29) is 31.2 Å². The van der Waals surface area contributed by atoms with Crippen LogP contribution in [0, 0.1) is 0 Å². The summed E-state index contributed by atoms with van der Waals surface area (Å²) in [7, 11) is 0. The van der Waals surface area contributed by atoms with Gasteiger partial charge in [-0.05, 0) is 12.8 Å². The lowest BCUT2D eigenvalue weighted by Crippen LogP contribution is -2.40. The topological polar surface area (TPSA) is 72.5 Å². The fraction of sp³-hybridized carbons (Fsp3) is 0.875. The van der Waals surface area contributed by atoms with E-state index in [1.54, 1.807) is 0 Å². The van der Waals surface area contributed by atoms with Crippen molar-refractivity contribution in [1.82, 2.24) is 0 Å². The van der Waals surface area contributed by atoms with Gasteiger partial charge in [0.15, 0.2) is 0 Å². The molecule has 0 spiro atoms. The molecule has 0 aromatic carbocycles. The molecule has 3 N–H and O–H groups in total. The predicted octanol–water partition coefficient (Wildman–Crippen LogP) is 0.779. The van der Waals surface area contributed by atoms with Crippen LogP contribution in [0.25, 0.3) is 0 Å². The first kappa shape index (κ1) is 12.7. The van der Waals surface area contributed by atoms with E-state index in [2.05, 4.69) is 0 Å². The van der Waals surface area contributed by atoms with Gasteiger partial charge in [-0.25, -0.2) is 4.79 Å². The Kier molecular flexibility index (Phi) is 6.03. The number of carbonyl (C=O) groups is 1. The number of carboxylic acids is 1. The van der Waals surface area contributed by atoms with E-state index in [4.69, 9.17) is 15.6 Å². The van der Waals surface area contributed by atoms with Crippen molar-refractivity contribution < 1.29 is 14.6 Å². The second-order valence-electron chi connectivity index (χ2n) is 3.19. The minimum atomic E-state index is -0.923. The molecule has 1 fully saturated rings. The van der Waals surface area contributed by atoms with Gasteiger partial charge < -0.3 is 15.6 Å². The summed E-state index contributed by atoms with van der Waals surface area (Å²) in [5, 5.41) is 8.36. The lowest BCUT2D eigenvalue weighted by molar-refractivity contribution is -0.145. The number of hydrogen-bond donors (Lipinski definition) is 2. The van der Waals surface area contributed by atoms with Crippen molar-refractivity contribution in [3.05, 3.63) is 0 Å². The maximum absolute atomic E-state index is 10.2. The first-order valence-electron chi connectivity index (χ1n) is 4.29. The van der Waals surface area contributed by atoms with Crippen LogP contribution in [0.4, 0.5) is 0 Å². The van der Waals surface area contributed by atoms with Crippen LogP contribution in [-0.4, -0.2) is 29.8 Å². The number of carboxylic acid groups (broad SMARTS) is 1. The molecule has 2 atom stereocenters. The quantitative estimate of drug-likeness (QED) is 0.721. The zero-order chi connectivity index (χ0) is 8.97. The first-order chi connectivity index (χ1) is 5.70. The van der Waals surface area contributed by atoms with Gasteiger partial charge in [-0.3, -0.25) is 0 Å². The lowest BCUT2D eigenvalue weighted by atomic mass is 9.93. The van der Waals surface area contributed by atoms with Gasteiger partial charge in [0.25, 0.3) is 0 Å². The number of rotatable bonds is 3. The molecule has 5 heteroatoms. The Bertz CT molecular complexity index is 165. The Morgan fingerprint density at radius 3 is 2.62 bits per heavy atom. The van der Waals surface area contributed by atoms with Gasteiger partial charge in [0.05, 0.1) is 6.10 Å². The molecular formula is C8H16ClNO3. The van der Waals surface area contributed by atoms with Crippen molar-refractivity contribution in [2.75, 3.05) is 6.61 Å². The Labute approximate surface area is 83.9 Å². The van der Waals surface area contributed by atoms with Gasteiger partial charge in [-0.2, -0.15) is 0 Å². The van der Waals surface area contributed by atoms with E-state index in [1.807, 2.05) is 0 Å². The summed E-state index contributed by atoms with van der Waals surface area (Å²) in [6.07, 6.45) is 4.03. The second-order valence-corrected chi connectivity index (χ2v) is 3.19. The molecule has 1 saturated carbocycles. The molecule has 0 heterocycles. The highest BCUT2D eigenvalue weighted by atomic mass is 35.5. The molecule has 0 saturated heterocycles.